The Morgan fingerprint density at radius 1 is 1.11 bits per heavy atom. The molecule has 2 aromatic rings. The summed E-state index contributed by atoms with van der Waals surface area (Å²) in [5.41, 5.74) is 1.72. The molecule has 0 unspecified atom stereocenters. The van der Waals surface area contributed by atoms with Gasteiger partial charge in [-0.15, -0.1) is 35.3 Å². The average Bonchev–Trinajstić information content (AvgIpc) is 3.11. The van der Waals surface area contributed by atoms with Crippen molar-refractivity contribution in [2.45, 2.75) is 38.6 Å². The van der Waals surface area contributed by atoms with Crippen molar-refractivity contribution in [1.82, 2.24) is 15.4 Å². The van der Waals surface area contributed by atoms with Crippen molar-refractivity contribution >= 4 is 51.3 Å². The molecule has 6 nitrogen and oxygen atoms in total. The summed E-state index contributed by atoms with van der Waals surface area (Å²) < 4.78 is 27.1. The Morgan fingerprint density at radius 3 is 2.43 bits per heavy atom. The van der Waals surface area contributed by atoms with Crippen molar-refractivity contribution in [3.8, 4) is 0 Å². The van der Waals surface area contributed by atoms with E-state index >= 15 is 0 Å². The molecule has 0 bridgehead atoms. The van der Waals surface area contributed by atoms with Crippen LogP contribution in [0.5, 0.6) is 0 Å². The van der Waals surface area contributed by atoms with Crippen molar-refractivity contribution in [3.05, 3.63) is 57.8 Å². The first kappa shape index (κ1) is 24.9. The van der Waals surface area contributed by atoms with E-state index in [1.807, 2.05) is 44.2 Å². The molecule has 1 aromatic heterocycles. The van der Waals surface area contributed by atoms with E-state index in [9.17, 15) is 8.42 Å². The molecule has 156 valence electrons. The molecule has 0 spiro atoms. The molecule has 0 atom stereocenters. The number of halogens is 1. The summed E-state index contributed by atoms with van der Waals surface area (Å²) in [6, 6.07) is 11.6. The quantitative estimate of drug-likeness (QED) is 0.262. The fraction of sp³-hybridized carbons (Fsp3) is 0.421. The lowest BCUT2D eigenvalue weighted by Gasteiger charge is -2.15. The van der Waals surface area contributed by atoms with Gasteiger partial charge in [-0.1, -0.05) is 30.3 Å². The molecule has 28 heavy (non-hydrogen) atoms. The zero-order valence-electron chi connectivity index (χ0n) is 16.4. The first-order valence-electron chi connectivity index (χ1n) is 8.93. The standard InChI is InChI=1S/C19H28N4O2S2.HI/c1-15(2)23-27(24,25)14-17-8-5-4-7-16(17)13-22-19(20-3)21-11-10-18-9-6-12-26-18;/h4-9,12,15,23H,10-11,13-14H2,1-3H3,(H2,20,21,22);1H. The maximum Gasteiger partial charge on any atom is 0.216 e. The summed E-state index contributed by atoms with van der Waals surface area (Å²) in [6.45, 7) is 4.92. The average molecular weight is 537 g/mol. The molecule has 3 N–H and O–H groups in total. The Kier molecular flexibility index (Phi) is 11.0. The molecular formula is C19H29IN4O2S2. The minimum absolute atomic E-state index is 0. The zero-order chi connectivity index (χ0) is 19.7. The van der Waals surface area contributed by atoms with Crippen LogP contribution in [0.4, 0.5) is 0 Å². The summed E-state index contributed by atoms with van der Waals surface area (Å²) in [6.07, 6.45) is 0.939. The number of nitrogens with zero attached hydrogens (tertiary/aromatic N) is 1. The largest absolute Gasteiger partial charge is 0.356 e. The molecule has 0 aliphatic heterocycles. The van der Waals surface area contributed by atoms with Crippen LogP contribution in [0.15, 0.2) is 46.8 Å². The molecule has 1 heterocycles. The first-order chi connectivity index (χ1) is 12.9. The second-order valence-corrected chi connectivity index (χ2v) is 9.27. The first-order valence-corrected chi connectivity index (χ1v) is 11.5. The Bertz CT molecular complexity index is 837. The van der Waals surface area contributed by atoms with Crippen LogP contribution in [-0.4, -0.2) is 34.0 Å². The van der Waals surface area contributed by atoms with Gasteiger partial charge in [0, 0.05) is 31.1 Å². The monoisotopic (exact) mass is 536 g/mol. The molecule has 0 aliphatic rings. The number of guanidine groups is 1. The van der Waals surface area contributed by atoms with Gasteiger partial charge >= 0.3 is 0 Å². The van der Waals surface area contributed by atoms with E-state index < -0.39 is 10.0 Å². The van der Waals surface area contributed by atoms with Crippen LogP contribution in [0.3, 0.4) is 0 Å². The molecule has 2 rings (SSSR count). The van der Waals surface area contributed by atoms with Gasteiger partial charge in [-0.25, -0.2) is 13.1 Å². The van der Waals surface area contributed by atoms with Crippen LogP contribution in [-0.2, 0) is 28.7 Å². The highest BCUT2D eigenvalue weighted by molar-refractivity contribution is 14.0. The molecule has 0 radical (unpaired) electrons. The van der Waals surface area contributed by atoms with Crippen molar-refractivity contribution in [1.29, 1.82) is 0 Å². The molecule has 0 fully saturated rings. The van der Waals surface area contributed by atoms with Crippen molar-refractivity contribution in [2.24, 2.45) is 4.99 Å². The molecule has 0 amide bonds. The maximum absolute atomic E-state index is 12.2. The van der Waals surface area contributed by atoms with Crippen molar-refractivity contribution in [2.75, 3.05) is 13.6 Å². The van der Waals surface area contributed by atoms with E-state index in [1.54, 1.807) is 18.4 Å². The highest BCUT2D eigenvalue weighted by Crippen LogP contribution is 2.12. The molecule has 0 aliphatic carbocycles. The van der Waals surface area contributed by atoms with Gasteiger partial charge in [0.1, 0.15) is 0 Å². The fourth-order valence-corrected chi connectivity index (χ4v) is 4.84. The van der Waals surface area contributed by atoms with Gasteiger partial charge in [0.15, 0.2) is 5.96 Å². The minimum Gasteiger partial charge on any atom is -0.356 e. The normalized spacial score (nSPS) is 11.9. The topological polar surface area (TPSA) is 82.6 Å². The number of sulfonamides is 1. The van der Waals surface area contributed by atoms with Gasteiger partial charge in [0.25, 0.3) is 0 Å². The van der Waals surface area contributed by atoms with Gasteiger partial charge in [0.05, 0.1) is 5.75 Å². The van der Waals surface area contributed by atoms with Crippen molar-refractivity contribution in [3.63, 3.8) is 0 Å². The van der Waals surface area contributed by atoms with E-state index in [-0.39, 0.29) is 35.8 Å². The molecular weight excluding hydrogens is 507 g/mol. The third-order valence-corrected chi connectivity index (χ3v) is 6.25. The van der Waals surface area contributed by atoms with Crippen molar-refractivity contribution < 1.29 is 8.42 Å². The maximum atomic E-state index is 12.2. The second kappa shape index (κ2) is 12.4. The lowest BCUT2D eigenvalue weighted by atomic mass is 10.1. The number of hydrogen-bond acceptors (Lipinski definition) is 4. The van der Waals surface area contributed by atoms with E-state index in [4.69, 9.17) is 0 Å². The number of aliphatic imine (C=N–C) groups is 1. The highest BCUT2D eigenvalue weighted by atomic mass is 127. The SMILES string of the molecule is CN=C(NCCc1cccs1)NCc1ccccc1CS(=O)(=O)NC(C)C.I. The Labute approximate surface area is 189 Å². The van der Waals surface area contributed by atoms with Crippen LogP contribution >= 0.6 is 35.3 Å². The zero-order valence-corrected chi connectivity index (χ0v) is 20.4. The number of rotatable bonds is 9. The highest BCUT2D eigenvalue weighted by Gasteiger charge is 2.15. The number of hydrogen-bond donors (Lipinski definition) is 3. The molecule has 0 saturated carbocycles. The van der Waals surface area contributed by atoms with E-state index in [2.05, 4.69) is 31.8 Å². The molecule has 0 saturated heterocycles. The van der Waals surface area contributed by atoms with Gasteiger partial charge in [-0.3, -0.25) is 4.99 Å². The summed E-state index contributed by atoms with van der Waals surface area (Å²) in [5.74, 6) is 0.664. The van der Waals surface area contributed by atoms with Gasteiger partial charge in [0.2, 0.25) is 10.0 Å². The molecule has 1 aromatic carbocycles. The van der Waals surface area contributed by atoms with E-state index in [1.165, 1.54) is 4.88 Å². The summed E-state index contributed by atoms with van der Waals surface area (Å²) in [5, 5.41) is 8.62. The van der Waals surface area contributed by atoms with Crippen LogP contribution < -0.4 is 15.4 Å². The number of nitrogens with one attached hydrogen (secondary N) is 3. The number of benzene rings is 1. The smallest absolute Gasteiger partial charge is 0.216 e. The Morgan fingerprint density at radius 2 is 1.82 bits per heavy atom. The predicted octanol–water partition coefficient (Wildman–Crippen LogP) is 3.10. The minimum atomic E-state index is -3.36. The van der Waals surface area contributed by atoms with Crippen LogP contribution in [0, 0.1) is 0 Å². The van der Waals surface area contributed by atoms with Crippen LogP contribution in [0.1, 0.15) is 29.9 Å². The predicted molar refractivity (Wildman–Crippen MR) is 129 cm³/mol. The van der Waals surface area contributed by atoms with Crippen LogP contribution in [0.2, 0.25) is 0 Å². The lowest BCUT2D eigenvalue weighted by Crippen LogP contribution is -2.38. The fourth-order valence-electron chi connectivity index (χ4n) is 2.63. The summed E-state index contributed by atoms with van der Waals surface area (Å²) in [7, 11) is -1.64. The third-order valence-electron chi connectivity index (χ3n) is 3.79. The van der Waals surface area contributed by atoms with E-state index in [0.29, 0.717) is 12.5 Å². The van der Waals surface area contributed by atoms with Gasteiger partial charge < -0.3 is 10.6 Å². The Balaban J connectivity index is 0.00000392. The van der Waals surface area contributed by atoms with E-state index in [0.717, 1.165) is 24.1 Å². The van der Waals surface area contributed by atoms with Gasteiger partial charge in [-0.05, 0) is 42.8 Å². The second-order valence-electron chi connectivity index (χ2n) is 6.48. The van der Waals surface area contributed by atoms with Gasteiger partial charge in [-0.2, -0.15) is 0 Å². The lowest BCUT2D eigenvalue weighted by molar-refractivity contribution is 0.568. The third kappa shape index (κ3) is 8.89. The number of thiophene rings is 1. The summed E-state index contributed by atoms with van der Waals surface area (Å²) in [4.78, 5) is 5.56. The summed E-state index contributed by atoms with van der Waals surface area (Å²) >= 11 is 1.74. The van der Waals surface area contributed by atoms with Crippen LogP contribution in [0.25, 0.3) is 0 Å². The molecule has 9 heteroatoms. The Hall–Kier alpha value is -1.17.